The second-order valence-corrected chi connectivity index (χ2v) is 6.47. The quantitative estimate of drug-likeness (QED) is 0.681. The number of amides is 1. The number of benzene rings is 1. The van der Waals surface area contributed by atoms with Crippen molar-refractivity contribution in [2.45, 2.75) is 19.9 Å². The lowest BCUT2D eigenvalue weighted by atomic mass is 10.2. The van der Waals surface area contributed by atoms with E-state index >= 15 is 0 Å². The van der Waals surface area contributed by atoms with Crippen LogP contribution >= 0.6 is 11.3 Å². The van der Waals surface area contributed by atoms with Crippen molar-refractivity contribution in [2.75, 3.05) is 11.9 Å². The first-order valence-corrected chi connectivity index (χ1v) is 8.94. The molecule has 6 nitrogen and oxygen atoms in total. The van der Waals surface area contributed by atoms with Crippen LogP contribution in [0.1, 0.15) is 28.7 Å². The highest BCUT2D eigenvalue weighted by molar-refractivity contribution is 7.14. The summed E-state index contributed by atoms with van der Waals surface area (Å²) in [4.78, 5) is 16.1. The van der Waals surface area contributed by atoms with E-state index in [4.69, 9.17) is 0 Å². The highest BCUT2D eigenvalue weighted by Gasteiger charge is 2.08. The maximum absolute atomic E-state index is 11.8. The van der Waals surface area contributed by atoms with Crippen LogP contribution in [0.5, 0.6) is 0 Å². The normalized spacial score (nSPS) is 10.4. The molecule has 0 fully saturated rings. The zero-order chi connectivity index (χ0) is 17.5. The lowest BCUT2D eigenvalue weighted by Gasteiger charge is -2.05. The summed E-state index contributed by atoms with van der Waals surface area (Å²) >= 11 is 1.55. The minimum absolute atomic E-state index is 0.0995. The molecule has 1 amide bonds. The molecule has 0 unspecified atom stereocenters. The van der Waals surface area contributed by atoms with Crippen LogP contribution in [0.15, 0.2) is 48.7 Å². The largest absolute Gasteiger partial charge is 0.363 e. The molecule has 2 N–H and O–H groups in total. The van der Waals surface area contributed by atoms with Crippen molar-refractivity contribution in [3.63, 3.8) is 0 Å². The van der Waals surface area contributed by atoms with Crippen molar-refractivity contribution < 1.29 is 4.79 Å². The Morgan fingerprint density at radius 2 is 1.96 bits per heavy atom. The number of aromatic nitrogens is 3. The highest BCUT2D eigenvalue weighted by atomic mass is 32.1. The fourth-order valence-electron chi connectivity index (χ4n) is 2.16. The number of carbonyl (C=O) groups excluding carboxylic acids is 1. The van der Waals surface area contributed by atoms with Gasteiger partial charge in [0.1, 0.15) is 15.8 Å². The summed E-state index contributed by atoms with van der Waals surface area (Å²) in [6, 6.07) is 13.5. The topological polar surface area (TPSA) is 79.8 Å². The average molecular weight is 353 g/mol. The predicted molar refractivity (Wildman–Crippen MR) is 99.5 cm³/mol. The first-order valence-electron chi connectivity index (χ1n) is 8.12. The van der Waals surface area contributed by atoms with Gasteiger partial charge in [-0.15, -0.1) is 10.2 Å². The molecule has 1 aromatic carbocycles. The molecule has 0 aliphatic rings. The van der Waals surface area contributed by atoms with E-state index in [0.717, 1.165) is 22.0 Å². The molecule has 0 saturated carbocycles. The third-order valence-electron chi connectivity index (χ3n) is 3.47. The zero-order valence-electron chi connectivity index (χ0n) is 13.9. The second-order valence-electron chi connectivity index (χ2n) is 5.41. The van der Waals surface area contributed by atoms with E-state index in [-0.39, 0.29) is 5.91 Å². The summed E-state index contributed by atoms with van der Waals surface area (Å²) in [7, 11) is 0. The lowest BCUT2D eigenvalue weighted by molar-refractivity contribution is 0.0953. The Kier molecular flexibility index (Phi) is 5.69. The van der Waals surface area contributed by atoms with Gasteiger partial charge in [0.2, 0.25) is 0 Å². The molecular formula is C18H19N5OS. The van der Waals surface area contributed by atoms with E-state index in [1.807, 2.05) is 37.3 Å². The summed E-state index contributed by atoms with van der Waals surface area (Å²) in [5.74, 6) is 0.598. The van der Waals surface area contributed by atoms with Crippen LogP contribution in [-0.2, 0) is 6.54 Å². The van der Waals surface area contributed by atoms with Crippen molar-refractivity contribution in [3.8, 4) is 10.6 Å². The molecule has 2 aromatic heterocycles. The fraction of sp³-hybridized carbons (Fsp3) is 0.222. The average Bonchev–Trinajstić information content (AvgIpc) is 3.14. The number of nitrogens with one attached hydrogen (secondary N) is 2. The molecule has 3 aromatic rings. The Balaban J connectivity index is 1.57. The van der Waals surface area contributed by atoms with Gasteiger partial charge in [0.05, 0.1) is 12.1 Å². The van der Waals surface area contributed by atoms with Crippen molar-refractivity contribution >= 4 is 23.1 Å². The van der Waals surface area contributed by atoms with Crippen molar-refractivity contribution in [3.05, 3.63) is 59.2 Å². The lowest BCUT2D eigenvalue weighted by Crippen LogP contribution is -2.24. The zero-order valence-corrected chi connectivity index (χ0v) is 14.7. The SMILES string of the molecule is CCCNC(=O)c1ccc(NCc2nnc(-c3ccccc3)s2)nc1. The molecule has 7 heteroatoms. The molecular weight excluding hydrogens is 334 g/mol. The third-order valence-corrected chi connectivity index (χ3v) is 4.44. The smallest absolute Gasteiger partial charge is 0.252 e. The molecule has 0 saturated heterocycles. The van der Waals surface area contributed by atoms with Crippen molar-refractivity contribution in [1.29, 1.82) is 0 Å². The monoisotopic (exact) mass is 353 g/mol. The third kappa shape index (κ3) is 4.60. The van der Waals surface area contributed by atoms with Crippen LogP contribution in [-0.4, -0.2) is 27.6 Å². The number of carbonyl (C=O) groups is 1. The first kappa shape index (κ1) is 17.0. The van der Waals surface area contributed by atoms with Gasteiger partial charge in [0.15, 0.2) is 0 Å². The molecule has 3 rings (SSSR count). The molecule has 0 aliphatic heterocycles. The minimum Gasteiger partial charge on any atom is -0.363 e. The standard InChI is InChI=1S/C18H19N5OS/c1-2-10-19-17(24)14-8-9-15(20-11-14)21-12-16-22-23-18(25-16)13-6-4-3-5-7-13/h3-9,11H,2,10,12H2,1H3,(H,19,24)(H,20,21). The van der Waals surface area contributed by atoms with Crippen LogP contribution in [0.3, 0.4) is 0 Å². The van der Waals surface area contributed by atoms with Crippen molar-refractivity contribution in [2.24, 2.45) is 0 Å². The Labute approximate surface area is 150 Å². The van der Waals surface area contributed by atoms with Crippen LogP contribution in [0.4, 0.5) is 5.82 Å². The Morgan fingerprint density at radius 1 is 1.12 bits per heavy atom. The maximum Gasteiger partial charge on any atom is 0.252 e. The van der Waals surface area contributed by atoms with Gasteiger partial charge < -0.3 is 10.6 Å². The van der Waals surface area contributed by atoms with Gasteiger partial charge in [-0.25, -0.2) is 4.98 Å². The fourth-order valence-corrected chi connectivity index (χ4v) is 2.95. The Bertz CT molecular complexity index is 817. The van der Waals surface area contributed by atoms with E-state index in [9.17, 15) is 4.79 Å². The molecule has 0 atom stereocenters. The second kappa shape index (κ2) is 8.34. The molecule has 0 spiro atoms. The first-order chi connectivity index (χ1) is 12.3. The molecule has 0 aliphatic carbocycles. The van der Waals surface area contributed by atoms with Gasteiger partial charge >= 0.3 is 0 Å². The van der Waals surface area contributed by atoms with Crippen LogP contribution in [0.2, 0.25) is 0 Å². The van der Waals surface area contributed by atoms with E-state index in [0.29, 0.717) is 24.5 Å². The van der Waals surface area contributed by atoms with Gasteiger partial charge in [-0.3, -0.25) is 4.79 Å². The summed E-state index contributed by atoms with van der Waals surface area (Å²) in [5, 5.41) is 16.2. The van der Waals surface area contributed by atoms with Gasteiger partial charge in [0, 0.05) is 18.3 Å². The number of pyridine rings is 1. The number of hydrogen-bond donors (Lipinski definition) is 2. The Hall–Kier alpha value is -2.80. The molecule has 0 radical (unpaired) electrons. The number of nitrogens with zero attached hydrogens (tertiary/aromatic N) is 3. The van der Waals surface area contributed by atoms with Crippen molar-refractivity contribution in [1.82, 2.24) is 20.5 Å². The molecule has 25 heavy (non-hydrogen) atoms. The summed E-state index contributed by atoms with van der Waals surface area (Å²) in [6.07, 6.45) is 2.48. The molecule has 0 bridgehead atoms. The molecule has 2 heterocycles. The predicted octanol–water partition coefficient (Wildman–Crippen LogP) is 3.35. The number of rotatable bonds is 7. The van der Waals surface area contributed by atoms with E-state index in [1.165, 1.54) is 0 Å². The van der Waals surface area contributed by atoms with Crippen LogP contribution in [0.25, 0.3) is 10.6 Å². The highest BCUT2D eigenvalue weighted by Crippen LogP contribution is 2.23. The van der Waals surface area contributed by atoms with E-state index in [2.05, 4.69) is 25.8 Å². The summed E-state index contributed by atoms with van der Waals surface area (Å²) < 4.78 is 0. The molecule has 128 valence electrons. The maximum atomic E-state index is 11.8. The van der Waals surface area contributed by atoms with Gasteiger partial charge in [-0.1, -0.05) is 48.6 Å². The Morgan fingerprint density at radius 3 is 2.68 bits per heavy atom. The van der Waals surface area contributed by atoms with Gasteiger partial charge in [-0.2, -0.15) is 0 Å². The van der Waals surface area contributed by atoms with Gasteiger partial charge in [-0.05, 0) is 18.6 Å². The van der Waals surface area contributed by atoms with Gasteiger partial charge in [0.25, 0.3) is 5.91 Å². The van der Waals surface area contributed by atoms with E-state index < -0.39 is 0 Å². The summed E-state index contributed by atoms with van der Waals surface area (Å²) in [6.45, 7) is 3.22. The van der Waals surface area contributed by atoms with Crippen LogP contribution < -0.4 is 10.6 Å². The van der Waals surface area contributed by atoms with Crippen LogP contribution in [0, 0.1) is 0 Å². The minimum atomic E-state index is -0.0995. The number of anilines is 1. The van der Waals surface area contributed by atoms with E-state index in [1.54, 1.807) is 29.7 Å². The summed E-state index contributed by atoms with van der Waals surface area (Å²) in [5.41, 5.74) is 1.62. The number of hydrogen-bond acceptors (Lipinski definition) is 6.